The molecule has 16 heavy (non-hydrogen) atoms. The van der Waals surface area contributed by atoms with Gasteiger partial charge in [0, 0.05) is 0 Å². The third-order valence-corrected chi connectivity index (χ3v) is 3.38. The Kier molecular flexibility index (Phi) is 3.29. The Labute approximate surface area is 94.9 Å². The summed E-state index contributed by atoms with van der Waals surface area (Å²) in [6.07, 6.45) is 3.15. The molecule has 1 aromatic heterocycles. The highest BCUT2D eigenvalue weighted by Gasteiger charge is 2.27. The quantitative estimate of drug-likeness (QED) is 0.853. The summed E-state index contributed by atoms with van der Waals surface area (Å²) in [5.74, 6) is 0.124. The van der Waals surface area contributed by atoms with Crippen LogP contribution in [0.3, 0.4) is 0 Å². The van der Waals surface area contributed by atoms with Crippen molar-refractivity contribution in [2.24, 2.45) is 5.92 Å². The summed E-state index contributed by atoms with van der Waals surface area (Å²) < 4.78 is 5.36. The molecule has 0 bridgehead atoms. The number of piperidine rings is 1. The molecule has 1 atom stereocenters. The van der Waals surface area contributed by atoms with E-state index in [0.29, 0.717) is 0 Å². The largest absolute Gasteiger partial charge is 0.481 e. The number of carboxylic acid groups (broad SMARTS) is 1. The van der Waals surface area contributed by atoms with E-state index in [1.807, 2.05) is 12.1 Å². The Morgan fingerprint density at radius 1 is 1.56 bits per heavy atom. The molecule has 88 valence electrons. The highest BCUT2D eigenvalue weighted by molar-refractivity contribution is 5.70. The predicted molar refractivity (Wildman–Crippen MR) is 59.1 cm³/mol. The second-order valence-electron chi connectivity index (χ2n) is 4.34. The number of likely N-dealkylation sites (tertiary alicyclic amines) is 1. The number of nitrogens with zero attached hydrogens (tertiary/aromatic N) is 1. The van der Waals surface area contributed by atoms with Crippen molar-refractivity contribution in [1.82, 2.24) is 4.90 Å². The molecule has 4 nitrogen and oxygen atoms in total. The van der Waals surface area contributed by atoms with Crippen LogP contribution in [0.4, 0.5) is 0 Å². The number of rotatable bonds is 3. The highest BCUT2D eigenvalue weighted by Crippen LogP contribution is 2.26. The number of furan rings is 1. The number of carbonyl (C=O) groups is 1. The van der Waals surface area contributed by atoms with E-state index >= 15 is 0 Å². The Hall–Kier alpha value is -1.29. The lowest BCUT2D eigenvalue weighted by Gasteiger charge is -2.33. The van der Waals surface area contributed by atoms with Crippen molar-refractivity contribution in [2.45, 2.75) is 25.8 Å². The fraction of sp³-hybridized carbons (Fsp3) is 0.583. The molecule has 0 saturated carbocycles. The molecule has 1 aliphatic rings. The van der Waals surface area contributed by atoms with E-state index in [1.165, 1.54) is 0 Å². The summed E-state index contributed by atoms with van der Waals surface area (Å²) in [5, 5.41) is 8.91. The first-order valence-electron chi connectivity index (χ1n) is 5.68. The summed E-state index contributed by atoms with van der Waals surface area (Å²) in [7, 11) is 0. The number of hydrogen-bond acceptors (Lipinski definition) is 3. The van der Waals surface area contributed by atoms with Gasteiger partial charge in [0.2, 0.25) is 0 Å². The lowest BCUT2D eigenvalue weighted by molar-refractivity contribution is -0.143. The van der Waals surface area contributed by atoms with Gasteiger partial charge in [-0.1, -0.05) is 0 Å². The van der Waals surface area contributed by atoms with Crippen molar-refractivity contribution < 1.29 is 14.3 Å². The molecule has 2 rings (SSSR count). The first-order valence-corrected chi connectivity index (χ1v) is 5.68. The van der Waals surface area contributed by atoms with Gasteiger partial charge in [-0.15, -0.1) is 0 Å². The predicted octanol–water partition coefficient (Wildman–Crippen LogP) is 2.14. The zero-order valence-electron chi connectivity index (χ0n) is 9.43. The van der Waals surface area contributed by atoms with Gasteiger partial charge in [0.15, 0.2) is 0 Å². The molecule has 1 fully saturated rings. The minimum atomic E-state index is -0.662. The molecule has 0 radical (unpaired) electrons. The SMILES string of the molecule is C[C@H](c1ccco1)N1CCC(C(=O)O)CC1. The maximum Gasteiger partial charge on any atom is 0.306 e. The van der Waals surface area contributed by atoms with Crippen molar-refractivity contribution in [3.63, 3.8) is 0 Å². The van der Waals surface area contributed by atoms with Crippen molar-refractivity contribution >= 4 is 5.97 Å². The number of aliphatic carboxylic acids is 1. The van der Waals surface area contributed by atoms with Gasteiger partial charge in [-0.2, -0.15) is 0 Å². The van der Waals surface area contributed by atoms with E-state index in [2.05, 4.69) is 11.8 Å². The van der Waals surface area contributed by atoms with Gasteiger partial charge in [-0.25, -0.2) is 0 Å². The molecule has 4 heteroatoms. The van der Waals surface area contributed by atoms with Crippen LogP contribution in [0.25, 0.3) is 0 Å². The van der Waals surface area contributed by atoms with Crippen molar-refractivity contribution in [3.05, 3.63) is 24.2 Å². The van der Waals surface area contributed by atoms with E-state index in [-0.39, 0.29) is 12.0 Å². The van der Waals surface area contributed by atoms with Crippen LogP contribution in [0.5, 0.6) is 0 Å². The third kappa shape index (κ3) is 2.27. The molecule has 0 amide bonds. The normalized spacial score (nSPS) is 20.8. The van der Waals surface area contributed by atoms with Gasteiger partial charge in [-0.3, -0.25) is 9.69 Å². The molecule has 0 aliphatic carbocycles. The first-order chi connectivity index (χ1) is 7.68. The van der Waals surface area contributed by atoms with Crippen LogP contribution in [0.1, 0.15) is 31.6 Å². The highest BCUT2D eigenvalue weighted by atomic mass is 16.4. The maximum atomic E-state index is 10.8. The van der Waals surface area contributed by atoms with Crippen LogP contribution in [-0.4, -0.2) is 29.1 Å². The van der Waals surface area contributed by atoms with Crippen LogP contribution >= 0.6 is 0 Å². The smallest absolute Gasteiger partial charge is 0.306 e. The van der Waals surface area contributed by atoms with Gasteiger partial charge < -0.3 is 9.52 Å². The molecular weight excluding hydrogens is 206 g/mol. The van der Waals surface area contributed by atoms with Gasteiger partial charge >= 0.3 is 5.97 Å². The zero-order chi connectivity index (χ0) is 11.5. The second kappa shape index (κ2) is 4.70. The summed E-state index contributed by atoms with van der Waals surface area (Å²) >= 11 is 0. The van der Waals surface area contributed by atoms with Crippen LogP contribution in [0.15, 0.2) is 22.8 Å². The third-order valence-electron chi connectivity index (χ3n) is 3.38. The molecule has 1 aliphatic heterocycles. The molecule has 1 aromatic rings. The summed E-state index contributed by atoms with van der Waals surface area (Å²) in [4.78, 5) is 13.1. The van der Waals surface area contributed by atoms with Gasteiger partial charge in [0.1, 0.15) is 5.76 Å². The Balaban J connectivity index is 1.92. The van der Waals surface area contributed by atoms with E-state index < -0.39 is 5.97 Å². The Morgan fingerprint density at radius 2 is 2.25 bits per heavy atom. The van der Waals surface area contributed by atoms with Crippen molar-refractivity contribution in [1.29, 1.82) is 0 Å². The molecular formula is C12H17NO3. The van der Waals surface area contributed by atoms with Crippen LogP contribution < -0.4 is 0 Å². The standard InChI is InChI=1S/C12H17NO3/c1-9(11-3-2-8-16-11)13-6-4-10(5-7-13)12(14)15/h2-3,8-10H,4-7H2,1H3,(H,14,15)/t9-/m1/s1. The Bertz CT molecular complexity index is 339. The minimum absolute atomic E-state index is 0.167. The van der Waals surface area contributed by atoms with E-state index in [4.69, 9.17) is 9.52 Å². The van der Waals surface area contributed by atoms with Gasteiger partial charge in [-0.05, 0) is 45.0 Å². The average molecular weight is 223 g/mol. The second-order valence-corrected chi connectivity index (χ2v) is 4.34. The average Bonchev–Trinajstić information content (AvgIpc) is 2.81. The number of carboxylic acids is 1. The van der Waals surface area contributed by atoms with Gasteiger partial charge in [0.05, 0.1) is 18.2 Å². The summed E-state index contributed by atoms with van der Waals surface area (Å²) in [6, 6.07) is 4.09. The van der Waals surface area contributed by atoms with Crippen LogP contribution in [-0.2, 0) is 4.79 Å². The molecule has 0 spiro atoms. The fourth-order valence-corrected chi connectivity index (χ4v) is 2.24. The minimum Gasteiger partial charge on any atom is -0.481 e. The molecule has 1 saturated heterocycles. The molecule has 0 aromatic carbocycles. The zero-order valence-corrected chi connectivity index (χ0v) is 9.43. The topological polar surface area (TPSA) is 53.7 Å². The molecule has 0 unspecified atom stereocenters. The van der Waals surface area contributed by atoms with E-state index in [1.54, 1.807) is 6.26 Å². The lowest BCUT2D eigenvalue weighted by atomic mass is 9.96. The lowest BCUT2D eigenvalue weighted by Crippen LogP contribution is -2.37. The fourth-order valence-electron chi connectivity index (χ4n) is 2.24. The Morgan fingerprint density at radius 3 is 2.75 bits per heavy atom. The first kappa shape index (κ1) is 11.2. The number of hydrogen-bond donors (Lipinski definition) is 1. The summed E-state index contributed by atoms with van der Waals surface area (Å²) in [6.45, 7) is 3.76. The van der Waals surface area contributed by atoms with Crippen LogP contribution in [0.2, 0.25) is 0 Å². The van der Waals surface area contributed by atoms with Gasteiger partial charge in [0.25, 0.3) is 0 Å². The monoisotopic (exact) mass is 223 g/mol. The maximum absolute atomic E-state index is 10.8. The molecule has 2 heterocycles. The summed E-state index contributed by atoms with van der Waals surface area (Å²) in [5.41, 5.74) is 0. The van der Waals surface area contributed by atoms with E-state index in [9.17, 15) is 4.79 Å². The van der Waals surface area contributed by atoms with Crippen molar-refractivity contribution in [2.75, 3.05) is 13.1 Å². The van der Waals surface area contributed by atoms with Crippen molar-refractivity contribution in [3.8, 4) is 0 Å². The van der Waals surface area contributed by atoms with E-state index in [0.717, 1.165) is 31.7 Å². The molecule has 1 N–H and O–H groups in total. The van der Waals surface area contributed by atoms with Crippen LogP contribution in [0, 0.1) is 5.92 Å².